The van der Waals surface area contributed by atoms with Gasteiger partial charge in [-0.1, -0.05) is 6.08 Å². The number of carbonyl (C=O) groups excluding carboxylic acids is 2. The van der Waals surface area contributed by atoms with Gasteiger partial charge in [0.2, 0.25) is 11.8 Å². The molecule has 0 bridgehead atoms. The summed E-state index contributed by atoms with van der Waals surface area (Å²) >= 11 is 0. The molecule has 1 saturated heterocycles. The van der Waals surface area contributed by atoms with Gasteiger partial charge in [-0.15, -0.1) is 6.58 Å². The lowest BCUT2D eigenvalue weighted by atomic mass is 10.2. The number of benzene rings is 1. The maximum atomic E-state index is 12.6. The van der Waals surface area contributed by atoms with E-state index in [9.17, 15) is 14.4 Å². The van der Waals surface area contributed by atoms with Gasteiger partial charge in [-0.2, -0.15) is 0 Å². The molecule has 1 aromatic carbocycles. The third-order valence-corrected chi connectivity index (χ3v) is 4.93. The molecule has 3 rings (SSSR count). The molecular weight excluding hydrogens is 360 g/mol. The molecule has 1 atom stereocenters. The third-order valence-electron chi connectivity index (χ3n) is 4.93. The van der Waals surface area contributed by atoms with Gasteiger partial charge >= 0.3 is 5.69 Å². The lowest BCUT2D eigenvalue weighted by Crippen LogP contribution is -2.54. The van der Waals surface area contributed by atoms with E-state index in [1.807, 2.05) is 6.92 Å². The fourth-order valence-corrected chi connectivity index (χ4v) is 3.28. The van der Waals surface area contributed by atoms with Crippen LogP contribution in [0.15, 0.2) is 35.6 Å². The van der Waals surface area contributed by atoms with E-state index in [4.69, 9.17) is 0 Å². The van der Waals surface area contributed by atoms with Gasteiger partial charge in [0.1, 0.15) is 0 Å². The third kappa shape index (κ3) is 4.87. The second kappa shape index (κ2) is 8.85. The van der Waals surface area contributed by atoms with Crippen LogP contribution in [0.1, 0.15) is 6.92 Å². The molecule has 1 fully saturated rings. The van der Waals surface area contributed by atoms with Crippen LogP contribution < -0.4 is 16.3 Å². The first kappa shape index (κ1) is 19.8. The summed E-state index contributed by atoms with van der Waals surface area (Å²) in [6.07, 6.45) is 1.65. The fraction of sp³-hybridized carbons (Fsp3) is 0.421. The minimum atomic E-state index is -0.294. The van der Waals surface area contributed by atoms with Crippen molar-refractivity contribution in [3.8, 4) is 0 Å². The monoisotopic (exact) mass is 386 g/mol. The van der Waals surface area contributed by atoms with Gasteiger partial charge in [-0.05, 0) is 25.1 Å². The number of piperazine rings is 1. The summed E-state index contributed by atoms with van der Waals surface area (Å²) in [5.41, 5.74) is 1.71. The minimum absolute atomic E-state index is 0.0164. The van der Waals surface area contributed by atoms with Crippen molar-refractivity contribution in [2.75, 3.05) is 44.6 Å². The number of aromatic nitrogens is 2. The summed E-state index contributed by atoms with van der Waals surface area (Å²) in [6, 6.07) is 4.95. The van der Waals surface area contributed by atoms with Crippen LogP contribution >= 0.6 is 0 Å². The molecule has 150 valence electrons. The topological polar surface area (TPSA) is 113 Å². The smallest absolute Gasteiger partial charge is 0.323 e. The lowest BCUT2D eigenvalue weighted by molar-refractivity contribution is -0.124. The summed E-state index contributed by atoms with van der Waals surface area (Å²) in [5.74, 6) is -0.119. The average Bonchev–Trinajstić information content (AvgIpc) is 3.05. The van der Waals surface area contributed by atoms with Gasteiger partial charge in [0, 0.05) is 38.4 Å². The Bertz CT molecular complexity index is 910. The normalized spacial score (nSPS) is 16.6. The van der Waals surface area contributed by atoms with Crippen LogP contribution in [0.4, 0.5) is 5.69 Å². The Morgan fingerprint density at radius 2 is 1.93 bits per heavy atom. The molecule has 0 saturated carbocycles. The van der Waals surface area contributed by atoms with Crippen molar-refractivity contribution in [1.82, 2.24) is 25.1 Å². The molecular formula is C19H26N6O3. The molecule has 9 heteroatoms. The van der Waals surface area contributed by atoms with E-state index in [1.54, 1.807) is 24.3 Å². The largest absolute Gasteiger partial charge is 0.352 e. The Morgan fingerprint density at radius 1 is 1.21 bits per heavy atom. The number of nitrogens with one attached hydrogen (secondary N) is 4. The number of aromatic amines is 2. The molecule has 4 N–H and O–H groups in total. The molecule has 1 aliphatic heterocycles. The molecule has 2 aromatic rings. The van der Waals surface area contributed by atoms with E-state index in [0.717, 1.165) is 13.1 Å². The van der Waals surface area contributed by atoms with Gasteiger partial charge in [0.25, 0.3) is 0 Å². The standard InChI is InChI=1S/C19H26N6O3/c1-3-6-20-17(26)12-24-7-9-25(10-8-24)13(2)18(27)21-14-4-5-15-16(11-14)23-19(28)22-15/h3-5,11,13H,1,6-10,12H2,2H3,(H,20,26)(H,21,27)(H2,22,23,28). The van der Waals surface area contributed by atoms with E-state index < -0.39 is 0 Å². The number of fused-ring (bicyclic) bond motifs is 1. The van der Waals surface area contributed by atoms with Crippen molar-refractivity contribution in [2.24, 2.45) is 0 Å². The van der Waals surface area contributed by atoms with E-state index in [0.29, 0.717) is 42.9 Å². The highest BCUT2D eigenvalue weighted by molar-refractivity contribution is 5.96. The van der Waals surface area contributed by atoms with Crippen LogP contribution in [0.3, 0.4) is 0 Å². The average molecular weight is 386 g/mol. The maximum absolute atomic E-state index is 12.6. The molecule has 28 heavy (non-hydrogen) atoms. The number of imidazole rings is 1. The molecule has 1 aliphatic rings. The zero-order valence-electron chi connectivity index (χ0n) is 16.0. The number of hydrogen-bond acceptors (Lipinski definition) is 5. The highest BCUT2D eigenvalue weighted by atomic mass is 16.2. The molecule has 0 radical (unpaired) electrons. The summed E-state index contributed by atoms with van der Waals surface area (Å²) < 4.78 is 0. The van der Waals surface area contributed by atoms with Crippen LogP contribution in [0, 0.1) is 0 Å². The fourth-order valence-electron chi connectivity index (χ4n) is 3.28. The lowest BCUT2D eigenvalue weighted by Gasteiger charge is -2.37. The van der Waals surface area contributed by atoms with Gasteiger partial charge in [-0.25, -0.2) is 4.79 Å². The Kier molecular flexibility index (Phi) is 6.27. The molecule has 9 nitrogen and oxygen atoms in total. The van der Waals surface area contributed by atoms with E-state index >= 15 is 0 Å². The highest BCUT2D eigenvalue weighted by Gasteiger charge is 2.26. The van der Waals surface area contributed by atoms with Gasteiger partial charge in [0.05, 0.1) is 23.6 Å². The number of hydrogen-bond donors (Lipinski definition) is 4. The summed E-state index contributed by atoms with van der Waals surface area (Å²) in [6.45, 7) is 9.18. The maximum Gasteiger partial charge on any atom is 0.323 e. The van der Waals surface area contributed by atoms with Crippen molar-refractivity contribution in [2.45, 2.75) is 13.0 Å². The van der Waals surface area contributed by atoms with Crippen LogP contribution in [0.25, 0.3) is 11.0 Å². The first-order valence-electron chi connectivity index (χ1n) is 9.33. The van der Waals surface area contributed by atoms with Crippen molar-refractivity contribution < 1.29 is 9.59 Å². The van der Waals surface area contributed by atoms with E-state index in [1.165, 1.54) is 0 Å². The van der Waals surface area contributed by atoms with Crippen molar-refractivity contribution >= 4 is 28.5 Å². The van der Waals surface area contributed by atoms with Crippen LogP contribution in [-0.4, -0.2) is 76.9 Å². The van der Waals surface area contributed by atoms with E-state index in [2.05, 4.69) is 37.0 Å². The Hall–Kier alpha value is -2.91. The number of H-pyrrole nitrogens is 2. The SMILES string of the molecule is C=CCNC(=O)CN1CCN(C(C)C(=O)Nc2ccc3[nH]c(=O)[nH]c3c2)CC1. The minimum Gasteiger partial charge on any atom is -0.352 e. The first-order valence-corrected chi connectivity index (χ1v) is 9.33. The van der Waals surface area contributed by atoms with Crippen molar-refractivity contribution in [3.63, 3.8) is 0 Å². The summed E-state index contributed by atoms with van der Waals surface area (Å²) in [7, 11) is 0. The number of amides is 2. The first-order chi connectivity index (χ1) is 13.5. The number of rotatable bonds is 7. The zero-order valence-corrected chi connectivity index (χ0v) is 16.0. The molecule has 0 aliphatic carbocycles. The summed E-state index contributed by atoms with van der Waals surface area (Å²) in [5, 5.41) is 5.68. The van der Waals surface area contributed by atoms with Crippen molar-refractivity contribution in [1.29, 1.82) is 0 Å². The molecule has 1 aromatic heterocycles. The quantitative estimate of drug-likeness (QED) is 0.504. The predicted octanol–water partition coefficient (Wildman–Crippen LogP) is 0.103. The second-order valence-electron chi connectivity index (χ2n) is 6.91. The van der Waals surface area contributed by atoms with E-state index in [-0.39, 0.29) is 23.5 Å². The van der Waals surface area contributed by atoms with Gasteiger partial charge in [0.15, 0.2) is 0 Å². The van der Waals surface area contributed by atoms with Crippen molar-refractivity contribution in [3.05, 3.63) is 41.3 Å². The summed E-state index contributed by atoms with van der Waals surface area (Å²) in [4.78, 5) is 45.3. The van der Waals surface area contributed by atoms with Crippen LogP contribution in [0.5, 0.6) is 0 Å². The number of nitrogens with zero attached hydrogens (tertiary/aromatic N) is 2. The second-order valence-corrected chi connectivity index (χ2v) is 6.91. The Labute approximate surface area is 162 Å². The zero-order chi connectivity index (χ0) is 20.1. The number of anilines is 1. The van der Waals surface area contributed by atoms with Crippen LogP contribution in [0.2, 0.25) is 0 Å². The molecule has 1 unspecified atom stereocenters. The Morgan fingerprint density at radius 3 is 2.64 bits per heavy atom. The van der Waals surface area contributed by atoms with Gasteiger partial charge < -0.3 is 20.6 Å². The molecule has 2 heterocycles. The number of carbonyl (C=O) groups is 2. The Balaban J connectivity index is 1.50. The highest BCUT2D eigenvalue weighted by Crippen LogP contribution is 2.16. The van der Waals surface area contributed by atoms with Crippen LogP contribution in [-0.2, 0) is 9.59 Å². The van der Waals surface area contributed by atoms with Gasteiger partial charge in [-0.3, -0.25) is 19.4 Å². The predicted molar refractivity (Wildman–Crippen MR) is 108 cm³/mol. The molecule has 2 amide bonds. The molecule has 0 spiro atoms.